The lowest BCUT2D eigenvalue weighted by Gasteiger charge is -2.37. The van der Waals surface area contributed by atoms with Crippen molar-refractivity contribution in [3.8, 4) is 0 Å². The average Bonchev–Trinajstić information content (AvgIpc) is 2.83. The summed E-state index contributed by atoms with van der Waals surface area (Å²) in [4.78, 5) is 20.8. The summed E-state index contributed by atoms with van der Waals surface area (Å²) in [5.74, 6) is 0.851. The molecule has 0 bridgehead atoms. The van der Waals surface area contributed by atoms with Crippen molar-refractivity contribution >= 4 is 22.6 Å². The number of piperazine rings is 1. The van der Waals surface area contributed by atoms with Crippen LogP contribution in [0.4, 0.5) is 5.13 Å². The third-order valence-corrected chi connectivity index (χ3v) is 4.45. The van der Waals surface area contributed by atoms with Gasteiger partial charge in [-0.25, -0.2) is 4.98 Å². The zero-order chi connectivity index (χ0) is 14.9. The maximum Gasteiger partial charge on any atom is 0.240 e. The zero-order valence-corrected chi connectivity index (χ0v) is 13.4. The highest BCUT2D eigenvalue weighted by Crippen LogP contribution is 2.22. The van der Waals surface area contributed by atoms with Crippen LogP contribution in [0.1, 0.15) is 26.6 Å². The summed E-state index contributed by atoms with van der Waals surface area (Å²) in [7, 11) is 0. The molecule has 0 unspecified atom stereocenters. The lowest BCUT2D eigenvalue weighted by molar-refractivity contribution is -0.135. The molecule has 6 nitrogen and oxygen atoms in total. The van der Waals surface area contributed by atoms with E-state index >= 15 is 0 Å². The van der Waals surface area contributed by atoms with E-state index in [2.05, 4.69) is 14.3 Å². The van der Waals surface area contributed by atoms with Crippen LogP contribution in [-0.4, -0.2) is 52.4 Å². The van der Waals surface area contributed by atoms with Gasteiger partial charge in [0.25, 0.3) is 0 Å². The summed E-state index contributed by atoms with van der Waals surface area (Å²) in [6.45, 7) is 10.8. The Morgan fingerprint density at radius 1 is 1.30 bits per heavy atom. The van der Waals surface area contributed by atoms with E-state index in [-0.39, 0.29) is 11.3 Å². The number of anilines is 1. The SMILES string of the molecule is Cc1nsc(N2CCN(C(=O)[C@@H](N)C(C)(C)C)CC2)n1. The van der Waals surface area contributed by atoms with Crippen LogP contribution in [0, 0.1) is 12.3 Å². The molecule has 0 saturated carbocycles. The van der Waals surface area contributed by atoms with E-state index in [4.69, 9.17) is 5.73 Å². The number of carbonyl (C=O) groups excluding carboxylic acids is 1. The fourth-order valence-corrected chi connectivity index (χ4v) is 2.83. The number of hydrogen-bond donors (Lipinski definition) is 1. The summed E-state index contributed by atoms with van der Waals surface area (Å²) >= 11 is 1.41. The maximum atomic E-state index is 12.3. The summed E-state index contributed by atoms with van der Waals surface area (Å²) in [5, 5.41) is 0.940. The number of aromatic nitrogens is 2. The quantitative estimate of drug-likeness (QED) is 0.876. The van der Waals surface area contributed by atoms with Crippen molar-refractivity contribution < 1.29 is 4.79 Å². The number of nitrogens with two attached hydrogens (primary N) is 1. The first-order valence-corrected chi connectivity index (χ1v) is 7.66. The van der Waals surface area contributed by atoms with Gasteiger partial charge in [0.1, 0.15) is 5.82 Å². The molecule has 7 heteroatoms. The van der Waals surface area contributed by atoms with Crippen molar-refractivity contribution in [1.29, 1.82) is 0 Å². The molecule has 0 aliphatic carbocycles. The fourth-order valence-electron chi connectivity index (χ4n) is 2.10. The number of hydrogen-bond acceptors (Lipinski definition) is 6. The van der Waals surface area contributed by atoms with Gasteiger partial charge in [-0.05, 0) is 12.3 Å². The summed E-state index contributed by atoms with van der Waals surface area (Å²) < 4.78 is 4.19. The average molecular weight is 297 g/mol. The monoisotopic (exact) mass is 297 g/mol. The highest BCUT2D eigenvalue weighted by molar-refractivity contribution is 7.09. The summed E-state index contributed by atoms with van der Waals surface area (Å²) in [6.07, 6.45) is 0. The highest BCUT2D eigenvalue weighted by Gasteiger charge is 2.32. The fraction of sp³-hybridized carbons (Fsp3) is 0.769. The molecular weight excluding hydrogens is 274 g/mol. The summed E-state index contributed by atoms with van der Waals surface area (Å²) in [6, 6.07) is -0.446. The Bertz CT molecular complexity index is 473. The molecule has 1 saturated heterocycles. The van der Waals surface area contributed by atoms with E-state index in [0.717, 1.165) is 24.0 Å². The van der Waals surface area contributed by atoms with Gasteiger partial charge in [0, 0.05) is 37.7 Å². The Labute approximate surface area is 124 Å². The maximum absolute atomic E-state index is 12.3. The van der Waals surface area contributed by atoms with E-state index < -0.39 is 6.04 Å². The Morgan fingerprint density at radius 2 is 1.90 bits per heavy atom. The topological polar surface area (TPSA) is 75.4 Å². The first-order chi connectivity index (χ1) is 9.29. The number of aryl methyl sites for hydroxylation is 1. The number of carbonyl (C=O) groups is 1. The van der Waals surface area contributed by atoms with Gasteiger partial charge in [0.2, 0.25) is 11.0 Å². The van der Waals surface area contributed by atoms with E-state index in [0.29, 0.717) is 13.1 Å². The van der Waals surface area contributed by atoms with Crippen molar-refractivity contribution in [1.82, 2.24) is 14.3 Å². The Balaban J connectivity index is 1.93. The molecule has 1 aliphatic rings. The van der Waals surface area contributed by atoms with Crippen molar-refractivity contribution in [2.24, 2.45) is 11.1 Å². The lowest BCUT2D eigenvalue weighted by Crippen LogP contribution is -2.56. The van der Waals surface area contributed by atoms with Gasteiger partial charge in [-0.15, -0.1) is 0 Å². The smallest absolute Gasteiger partial charge is 0.240 e. The molecule has 2 rings (SSSR count). The second-order valence-corrected chi connectivity index (χ2v) is 7.01. The predicted octanol–water partition coefficient (Wildman–Crippen LogP) is 0.869. The minimum Gasteiger partial charge on any atom is -0.343 e. The van der Waals surface area contributed by atoms with Crippen LogP contribution < -0.4 is 10.6 Å². The van der Waals surface area contributed by atoms with Crippen molar-refractivity contribution in [3.63, 3.8) is 0 Å². The van der Waals surface area contributed by atoms with Gasteiger partial charge in [-0.1, -0.05) is 20.8 Å². The van der Waals surface area contributed by atoms with Gasteiger partial charge in [0.15, 0.2) is 0 Å². The molecule has 2 heterocycles. The van der Waals surface area contributed by atoms with Crippen LogP contribution in [0.2, 0.25) is 0 Å². The molecule has 1 atom stereocenters. The van der Waals surface area contributed by atoms with E-state index in [1.807, 2.05) is 32.6 Å². The molecule has 0 spiro atoms. The van der Waals surface area contributed by atoms with Gasteiger partial charge >= 0.3 is 0 Å². The number of rotatable bonds is 2. The lowest BCUT2D eigenvalue weighted by atomic mass is 9.86. The van der Waals surface area contributed by atoms with Crippen LogP contribution >= 0.6 is 11.5 Å². The minimum atomic E-state index is -0.446. The largest absolute Gasteiger partial charge is 0.343 e. The highest BCUT2D eigenvalue weighted by atomic mass is 32.1. The molecule has 2 N–H and O–H groups in total. The molecule has 112 valence electrons. The zero-order valence-electron chi connectivity index (χ0n) is 12.6. The van der Waals surface area contributed by atoms with Crippen LogP contribution in [0.25, 0.3) is 0 Å². The second-order valence-electron chi connectivity index (χ2n) is 6.28. The standard InChI is InChI=1S/C13H23N5OS/c1-9-15-12(20-16-9)18-7-5-17(6-8-18)11(19)10(14)13(2,3)4/h10H,5-8,14H2,1-4H3/t10-/m1/s1. The van der Waals surface area contributed by atoms with Crippen molar-refractivity contribution in [3.05, 3.63) is 5.82 Å². The van der Waals surface area contributed by atoms with Gasteiger partial charge in [0.05, 0.1) is 6.04 Å². The molecular formula is C13H23N5OS. The second kappa shape index (κ2) is 5.65. The van der Waals surface area contributed by atoms with E-state index in [1.165, 1.54) is 11.5 Å². The Hall–Kier alpha value is -1.21. The van der Waals surface area contributed by atoms with Crippen molar-refractivity contribution in [2.75, 3.05) is 31.1 Å². The molecule has 1 aliphatic heterocycles. The third-order valence-electron chi connectivity index (χ3n) is 3.58. The number of amides is 1. The molecule has 0 aromatic carbocycles. The molecule has 1 fully saturated rings. The first-order valence-electron chi connectivity index (χ1n) is 6.88. The minimum absolute atomic E-state index is 0.0468. The molecule has 0 radical (unpaired) electrons. The third kappa shape index (κ3) is 3.27. The van der Waals surface area contributed by atoms with Crippen LogP contribution in [-0.2, 0) is 4.79 Å². The molecule has 1 aromatic rings. The Kier molecular flexibility index (Phi) is 4.29. The van der Waals surface area contributed by atoms with Gasteiger partial charge in [-0.3, -0.25) is 4.79 Å². The number of nitrogens with zero attached hydrogens (tertiary/aromatic N) is 4. The van der Waals surface area contributed by atoms with E-state index in [9.17, 15) is 4.79 Å². The van der Waals surface area contributed by atoms with Gasteiger partial charge in [-0.2, -0.15) is 4.37 Å². The van der Waals surface area contributed by atoms with E-state index in [1.54, 1.807) is 0 Å². The summed E-state index contributed by atoms with van der Waals surface area (Å²) in [5.41, 5.74) is 5.85. The van der Waals surface area contributed by atoms with Crippen molar-refractivity contribution in [2.45, 2.75) is 33.7 Å². The predicted molar refractivity (Wildman–Crippen MR) is 80.9 cm³/mol. The van der Waals surface area contributed by atoms with Crippen LogP contribution in [0.5, 0.6) is 0 Å². The normalized spacial score (nSPS) is 18.2. The Morgan fingerprint density at radius 3 is 2.35 bits per heavy atom. The van der Waals surface area contributed by atoms with Gasteiger partial charge < -0.3 is 15.5 Å². The first kappa shape index (κ1) is 15.2. The molecule has 20 heavy (non-hydrogen) atoms. The molecule has 1 aromatic heterocycles. The van der Waals surface area contributed by atoms with Crippen LogP contribution in [0.3, 0.4) is 0 Å². The molecule has 1 amide bonds. The van der Waals surface area contributed by atoms with Crippen LogP contribution in [0.15, 0.2) is 0 Å².